The van der Waals surface area contributed by atoms with Crippen LogP contribution in [0.3, 0.4) is 0 Å². The third-order valence-corrected chi connectivity index (χ3v) is 4.23. The summed E-state index contributed by atoms with van der Waals surface area (Å²) in [6.45, 7) is -0.569. The Morgan fingerprint density at radius 2 is 2.12 bits per heavy atom. The first-order valence-corrected chi connectivity index (χ1v) is 8.56. The van der Waals surface area contributed by atoms with Gasteiger partial charge in [0.2, 0.25) is 0 Å². The molecule has 11 nitrogen and oxygen atoms in total. The number of phosphoric ester groups is 1. The quantitative estimate of drug-likeness (QED) is 0.427. The Bertz CT molecular complexity index is 778. The largest absolute Gasteiger partial charge is 0.469 e. The number of aliphatic hydroxyl groups excluding tert-OH is 2. The van der Waals surface area contributed by atoms with Gasteiger partial charge in [-0.2, -0.15) is 0 Å². The van der Waals surface area contributed by atoms with Crippen LogP contribution < -0.4 is 5.32 Å². The molecule has 0 saturated carbocycles. The van der Waals surface area contributed by atoms with Crippen LogP contribution >= 0.6 is 7.82 Å². The Kier molecular flexibility index (Phi) is 4.58. The first kappa shape index (κ1) is 17.2. The molecule has 1 unspecified atom stereocenters. The van der Waals surface area contributed by atoms with Crippen LogP contribution in [0.1, 0.15) is 6.23 Å². The Labute approximate surface area is 136 Å². The molecule has 5 N–H and O–H groups in total. The van der Waals surface area contributed by atoms with Gasteiger partial charge >= 0.3 is 7.82 Å². The Balaban J connectivity index is 1.86. The van der Waals surface area contributed by atoms with E-state index in [2.05, 4.69) is 19.8 Å². The average molecular weight is 360 g/mol. The summed E-state index contributed by atoms with van der Waals surface area (Å²) in [5, 5.41) is 23.2. The van der Waals surface area contributed by atoms with Gasteiger partial charge in [-0.1, -0.05) is 0 Å². The second-order valence-electron chi connectivity index (χ2n) is 5.27. The molecular formula is C12H17N4O7P. The molecule has 0 aromatic carbocycles. The van der Waals surface area contributed by atoms with Crippen molar-refractivity contribution in [3.8, 4) is 0 Å². The third-order valence-electron chi connectivity index (χ3n) is 3.75. The van der Waals surface area contributed by atoms with E-state index in [1.165, 1.54) is 10.9 Å². The first-order chi connectivity index (χ1) is 11.3. The van der Waals surface area contributed by atoms with Gasteiger partial charge in [-0.25, -0.2) is 14.5 Å². The van der Waals surface area contributed by atoms with Crippen LogP contribution in [0.5, 0.6) is 0 Å². The molecule has 3 rings (SSSR count). The predicted molar refractivity (Wildman–Crippen MR) is 81.0 cm³/mol. The first-order valence-electron chi connectivity index (χ1n) is 7.03. The van der Waals surface area contributed by atoms with E-state index in [1.54, 1.807) is 19.3 Å². The van der Waals surface area contributed by atoms with Crippen LogP contribution in [0.15, 0.2) is 18.6 Å². The molecule has 1 aliphatic rings. The number of hydrogen-bond acceptors (Lipinski definition) is 8. The van der Waals surface area contributed by atoms with Crippen LogP contribution in [-0.2, 0) is 13.8 Å². The van der Waals surface area contributed by atoms with E-state index in [1.807, 2.05) is 0 Å². The fourth-order valence-electron chi connectivity index (χ4n) is 2.59. The SMILES string of the molecule is CNc1ccnc2c1ncn2C1O[C@H](COP(=O)(O)O)[C@@H](O)[C@H]1O. The molecule has 132 valence electrons. The summed E-state index contributed by atoms with van der Waals surface area (Å²) in [4.78, 5) is 25.9. The molecule has 12 heteroatoms. The summed E-state index contributed by atoms with van der Waals surface area (Å²) < 4.78 is 22.1. The van der Waals surface area contributed by atoms with E-state index >= 15 is 0 Å². The number of fused-ring (bicyclic) bond motifs is 1. The highest BCUT2D eigenvalue weighted by Crippen LogP contribution is 2.38. The number of rotatable bonds is 5. The monoisotopic (exact) mass is 360 g/mol. The van der Waals surface area contributed by atoms with Crippen LogP contribution in [0, 0.1) is 0 Å². The van der Waals surface area contributed by atoms with Gasteiger partial charge in [0, 0.05) is 13.2 Å². The van der Waals surface area contributed by atoms with Gasteiger partial charge in [0.15, 0.2) is 11.9 Å². The van der Waals surface area contributed by atoms with Crippen LogP contribution in [0.4, 0.5) is 5.69 Å². The number of phosphoric acid groups is 1. The normalized spacial score (nSPS) is 27.7. The molecule has 3 heterocycles. The molecule has 0 bridgehead atoms. The number of hydrogen-bond donors (Lipinski definition) is 5. The predicted octanol–water partition coefficient (Wildman–Crippen LogP) is -0.799. The lowest BCUT2D eigenvalue weighted by atomic mass is 10.1. The van der Waals surface area contributed by atoms with E-state index in [9.17, 15) is 14.8 Å². The minimum absolute atomic E-state index is 0.426. The third kappa shape index (κ3) is 3.15. The van der Waals surface area contributed by atoms with Gasteiger partial charge in [0.1, 0.15) is 23.8 Å². The maximum absolute atomic E-state index is 10.8. The number of ether oxygens (including phenoxy) is 1. The summed E-state index contributed by atoms with van der Waals surface area (Å²) in [6.07, 6.45) is -1.89. The molecule has 0 spiro atoms. The summed E-state index contributed by atoms with van der Waals surface area (Å²) in [7, 11) is -2.98. The molecule has 2 aromatic heterocycles. The fourth-order valence-corrected chi connectivity index (χ4v) is 2.93. The number of nitrogens with one attached hydrogen (secondary N) is 1. The zero-order valence-electron chi connectivity index (χ0n) is 12.6. The molecule has 4 atom stereocenters. The zero-order valence-corrected chi connectivity index (χ0v) is 13.4. The average Bonchev–Trinajstić information content (AvgIpc) is 3.07. The van der Waals surface area contributed by atoms with Crippen molar-refractivity contribution >= 4 is 24.7 Å². The number of aromatic nitrogens is 3. The van der Waals surface area contributed by atoms with Crippen molar-refractivity contribution in [3.05, 3.63) is 18.6 Å². The Morgan fingerprint density at radius 1 is 1.38 bits per heavy atom. The summed E-state index contributed by atoms with van der Waals surface area (Å²) in [5.41, 5.74) is 1.71. The smallest absolute Gasteiger partial charge is 0.387 e. The minimum Gasteiger partial charge on any atom is -0.387 e. The second-order valence-corrected chi connectivity index (χ2v) is 6.50. The number of aliphatic hydroxyl groups is 2. The molecular weight excluding hydrogens is 343 g/mol. The van der Waals surface area contributed by atoms with Gasteiger partial charge in [-0.3, -0.25) is 9.09 Å². The molecule has 24 heavy (non-hydrogen) atoms. The summed E-state index contributed by atoms with van der Waals surface area (Å²) >= 11 is 0. The molecule has 0 aliphatic carbocycles. The molecule has 0 amide bonds. The number of nitrogens with zero attached hydrogens (tertiary/aromatic N) is 3. The van der Waals surface area contributed by atoms with Gasteiger partial charge in [0.05, 0.1) is 18.6 Å². The lowest BCUT2D eigenvalue weighted by molar-refractivity contribution is -0.0503. The van der Waals surface area contributed by atoms with E-state index in [0.29, 0.717) is 11.2 Å². The fraction of sp³-hybridized carbons (Fsp3) is 0.500. The van der Waals surface area contributed by atoms with Gasteiger partial charge < -0.3 is 30.1 Å². The van der Waals surface area contributed by atoms with Crippen molar-refractivity contribution in [3.63, 3.8) is 0 Å². The Morgan fingerprint density at radius 3 is 2.79 bits per heavy atom. The standard InChI is InChI=1S/C12H17N4O7P/c1-13-6-2-3-14-11-8(6)15-5-16(11)12-10(18)9(17)7(23-12)4-22-24(19,20)21/h2-3,5,7,9-10,12,17-18H,4H2,1H3,(H,13,14)(H2,19,20,21)/t7-,9-,10-,12?/m1/s1. The molecule has 1 fully saturated rings. The molecule has 1 aliphatic heterocycles. The molecule has 2 aromatic rings. The van der Waals surface area contributed by atoms with Gasteiger partial charge in [-0.05, 0) is 6.07 Å². The van der Waals surface area contributed by atoms with E-state index in [4.69, 9.17) is 14.5 Å². The van der Waals surface area contributed by atoms with E-state index in [0.717, 1.165) is 5.69 Å². The van der Waals surface area contributed by atoms with E-state index < -0.39 is 39.0 Å². The highest BCUT2D eigenvalue weighted by atomic mass is 31.2. The number of imidazole rings is 1. The highest BCUT2D eigenvalue weighted by Gasteiger charge is 2.45. The topological polar surface area (TPSA) is 159 Å². The lowest BCUT2D eigenvalue weighted by Crippen LogP contribution is -2.33. The molecule has 1 saturated heterocycles. The maximum atomic E-state index is 10.8. The van der Waals surface area contributed by atoms with Crippen molar-refractivity contribution in [2.45, 2.75) is 24.5 Å². The van der Waals surface area contributed by atoms with Crippen molar-refractivity contribution in [2.75, 3.05) is 19.0 Å². The van der Waals surface area contributed by atoms with Crippen molar-refractivity contribution < 1.29 is 33.8 Å². The van der Waals surface area contributed by atoms with Gasteiger partial charge in [-0.15, -0.1) is 0 Å². The van der Waals surface area contributed by atoms with Gasteiger partial charge in [0.25, 0.3) is 0 Å². The molecule has 0 radical (unpaired) electrons. The summed E-state index contributed by atoms with van der Waals surface area (Å²) in [5.74, 6) is 0. The highest BCUT2D eigenvalue weighted by molar-refractivity contribution is 7.46. The number of pyridine rings is 1. The Hall–Kier alpha value is -1.59. The van der Waals surface area contributed by atoms with E-state index in [-0.39, 0.29) is 0 Å². The zero-order chi connectivity index (χ0) is 17.5. The lowest BCUT2D eigenvalue weighted by Gasteiger charge is -2.16. The second kappa shape index (κ2) is 6.37. The van der Waals surface area contributed by atoms with Crippen molar-refractivity contribution in [1.82, 2.24) is 14.5 Å². The summed E-state index contributed by atoms with van der Waals surface area (Å²) in [6, 6.07) is 1.73. The number of anilines is 1. The maximum Gasteiger partial charge on any atom is 0.469 e. The van der Waals surface area contributed by atoms with Crippen molar-refractivity contribution in [2.24, 2.45) is 0 Å². The van der Waals surface area contributed by atoms with Crippen LogP contribution in [-0.4, -0.2) is 66.5 Å². The van der Waals surface area contributed by atoms with Crippen molar-refractivity contribution in [1.29, 1.82) is 0 Å². The van der Waals surface area contributed by atoms with Crippen LogP contribution in [0.25, 0.3) is 11.2 Å². The van der Waals surface area contributed by atoms with Crippen LogP contribution in [0.2, 0.25) is 0 Å². The minimum atomic E-state index is -4.71.